The highest BCUT2D eigenvalue weighted by Gasteiger charge is 2.17. The van der Waals surface area contributed by atoms with Gasteiger partial charge in [-0.3, -0.25) is 10.2 Å². The van der Waals surface area contributed by atoms with Crippen LogP contribution in [0.3, 0.4) is 0 Å². The molecular weight excluding hydrogens is 356 g/mol. The van der Waals surface area contributed by atoms with Crippen LogP contribution in [0.2, 0.25) is 0 Å². The van der Waals surface area contributed by atoms with Crippen LogP contribution in [-0.4, -0.2) is 34.3 Å². The quantitative estimate of drug-likeness (QED) is 0.352. The van der Waals surface area contributed by atoms with Crippen molar-refractivity contribution in [2.45, 2.75) is 38.1 Å². The van der Waals surface area contributed by atoms with Gasteiger partial charge in [-0.1, -0.05) is 25.3 Å². The maximum absolute atomic E-state index is 11.8. The molecular formula is C19H24N8O. The molecule has 0 spiro atoms. The first-order valence-corrected chi connectivity index (χ1v) is 9.24. The zero-order valence-electron chi connectivity index (χ0n) is 15.5. The van der Waals surface area contributed by atoms with Crippen molar-refractivity contribution in [1.82, 2.24) is 9.97 Å². The number of amides is 1. The number of nitrogens with one attached hydrogen (secondary N) is 4. The highest BCUT2D eigenvalue weighted by molar-refractivity contribution is 6.14. The van der Waals surface area contributed by atoms with Gasteiger partial charge in [0.1, 0.15) is 11.4 Å². The van der Waals surface area contributed by atoms with Gasteiger partial charge in [0.2, 0.25) is 5.95 Å². The van der Waals surface area contributed by atoms with E-state index in [0.29, 0.717) is 23.5 Å². The second-order valence-electron chi connectivity index (χ2n) is 6.56. The monoisotopic (exact) mass is 380 g/mol. The summed E-state index contributed by atoms with van der Waals surface area (Å²) in [6.07, 6.45) is 9.70. The number of benzene rings is 1. The van der Waals surface area contributed by atoms with Gasteiger partial charge in [0.15, 0.2) is 0 Å². The molecule has 0 aliphatic heterocycles. The molecule has 1 aromatic carbocycles. The van der Waals surface area contributed by atoms with E-state index in [1.54, 1.807) is 0 Å². The van der Waals surface area contributed by atoms with Crippen molar-refractivity contribution in [1.29, 1.82) is 5.41 Å². The van der Waals surface area contributed by atoms with E-state index in [2.05, 4.69) is 31.1 Å². The van der Waals surface area contributed by atoms with Crippen LogP contribution in [-0.2, 0) is 0 Å². The van der Waals surface area contributed by atoms with Crippen LogP contribution >= 0.6 is 0 Å². The van der Waals surface area contributed by atoms with E-state index in [1.807, 2.05) is 24.3 Å². The van der Waals surface area contributed by atoms with E-state index in [-0.39, 0.29) is 5.56 Å². The highest BCUT2D eigenvalue weighted by atomic mass is 16.1. The minimum Gasteiger partial charge on any atom is -0.365 e. The second-order valence-corrected chi connectivity index (χ2v) is 6.56. The summed E-state index contributed by atoms with van der Waals surface area (Å²) in [5, 5.41) is 17.3. The first-order chi connectivity index (χ1) is 13.7. The van der Waals surface area contributed by atoms with E-state index in [9.17, 15) is 4.79 Å². The number of nitrogens with zero attached hydrogens (tertiary/aromatic N) is 3. The molecule has 3 rings (SSSR count). The summed E-state index contributed by atoms with van der Waals surface area (Å²) in [5.41, 5.74) is 9.94. The minimum absolute atomic E-state index is 0.217. The lowest BCUT2D eigenvalue weighted by molar-refractivity contribution is 0.100. The van der Waals surface area contributed by atoms with Gasteiger partial charge in [0.05, 0.1) is 11.9 Å². The Labute approximate surface area is 163 Å². The fourth-order valence-electron chi connectivity index (χ4n) is 3.11. The third-order valence-corrected chi connectivity index (χ3v) is 4.46. The van der Waals surface area contributed by atoms with Gasteiger partial charge in [-0.05, 0) is 31.0 Å². The summed E-state index contributed by atoms with van der Waals surface area (Å²) >= 11 is 0. The number of anilines is 4. The Hall–Kier alpha value is -3.49. The number of carbonyl (C=O) groups is 1. The Morgan fingerprint density at radius 1 is 1.25 bits per heavy atom. The lowest BCUT2D eigenvalue weighted by Gasteiger charge is -2.23. The molecule has 0 atom stereocenters. The molecule has 2 aromatic rings. The van der Waals surface area contributed by atoms with Crippen LogP contribution in [0.1, 0.15) is 42.5 Å². The molecule has 1 saturated carbocycles. The Bertz CT molecular complexity index is 861. The molecule has 6 N–H and O–H groups in total. The Morgan fingerprint density at radius 2 is 2.04 bits per heavy atom. The first-order valence-electron chi connectivity index (χ1n) is 9.24. The van der Waals surface area contributed by atoms with Gasteiger partial charge >= 0.3 is 0 Å². The topological polar surface area (TPSA) is 141 Å². The molecule has 0 saturated heterocycles. The molecule has 0 radical (unpaired) electrons. The standard InChI is InChI=1S/C19H24N8O/c20-9-10-23-27-15-8-4-7-14(11-15)24-18-16(17(21)28)12-22-19(26-18)25-13-5-2-1-3-6-13/h4,7-13,20,27H,1-3,5-6H2,(H2,21,28)(H2,22,24,25,26). The first kappa shape index (κ1) is 19.3. The number of primary amides is 1. The number of rotatable bonds is 8. The van der Waals surface area contributed by atoms with Crippen LogP contribution in [0.25, 0.3) is 0 Å². The highest BCUT2D eigenvalue weighted by Crippen LogP contribution is 2.24. The molecule has 1 fully saturated rings. The lowest BCUT2D eigenvalue weighted by Crippen LogP contribution is -2.24. The van der Waals surface area contributed by atoms with Crippen LogP contribution in [0.5, 0.6) is 0 Å². The Morgan fingerprint density at radius 3 is 2.79 bits per heavy atom. The minimum atomic E-state index is -0.600. The van der Waals surface area contributed by atoms with E-state index in [0.717, 1.165) is 24.7 Å². The Kier molecular flexibility index (Phi) is 6.50. The lowest BCUT2D eigenvalue weighted by atomic mass is 9.96. The summed E-state index contributed by atoms with van der Waals surface area (Å²) in [6.45, 7) is 0. The third-order valence-electron chi connectivity index (χ3n) is 4.46. The summed E-state index contributed by atoms with van der Waals surface area (Å²) in [7, 11) is 0. The summed E-state index contributed by atoms with van der Waals surface area (Å²) in [4.78, 5) is 20.5. The van der Waals surface area contributed by atoms with Crippen LogP contribution in [0, 0.1) is 5.41 Å². The number of nitrogens with two attached hydrogens (primary N) is 1. The maximum Gasteiger partial charge on any atom is 0.254 e. The van der Waals surface area contributed by atoms with Crippen LogP contribution in [0.4, 0.5) is 23.1 Å². The average molecular weight is 380 g/mol. The molecule has 9 nitrogen and oxygen atoms in total. The third kappa shape index (κ3) is 5.26. The van der Waals surface area contributed by atoms with Gasteiger partial charge in [-0.15, -0.1) is 0 Å². The van der Waals surface area contributed by atoms with Crippen molar-refractivity contribution in [2.24, 2.45) is 10.8 Å². The molecule has 28 heavy (non-hydrogen) atoms. The van der Waals surface area contributed by atoms with E-state index < -0.39 is 5.91 Å². The van der Waals surface area contributed by atoms with Crippen LogP contribution in [0.15, 0.2) is 35.6 Å². The van der Waals surface area contributed by atoms with Gasteiger partial charge in [-0.2, -0.15) is 10.1 Å². The fraction of sp³-hybridized carbons (Fsp3) is 0.316. The molecule has 146 valence electrons. The second kappa shape index (κ2) is 9.45. The summed E-state index contributed by atoms with van der Waals surface area (Å²) in [6, 6.07) is 7.66. The zero-order valence-corrected chi connectivity index (χ0v) is 15.5. The largest absolute Gasteiger partial charge is 0.365 e. The molecule has 1 aliphatic carbocycles. The normalized spacial score (nSPS) is 14.6. The van der Waals surface area contributed by atoms with Crippen molar-refractivity contribution in [3.8, 4) is 0 Å². The predicted octanol–water partition coefficient (Wildman–Crippen LogP) is 3.11. The van der Waals surface area contributed by atoms with Crippen LogP contribution < -0.4 is 21.8 Å². The van der Waals surface area contributed by atoms with Gasteiger partial charge in [0, 0.05) is 24.1 Å². The van der Waals surface area contributed by atoms with Crippen molar-refractivity contribution < 1.29 is 4.79 Å². The average Bonchev–Trinajstić information content (AvgIpc) is 2.69. The van der Waals surface area contributed by atoms with Gasteiger partial charge < -0.3 is 21.8 Å². The SMILES string of the molecule is N=CC=NNc1cccc(Nc2nc(NC3CCCCC3)ncc2C(N)=O)c1. The summed E-state index contributed by atoms with van der Waals surface area (Å²) in [5.74, 6) is 0.224. The predicted molar refractivity (Wildman–Crippen MR) is 112 cm³/mol. The van der Waals surface area contributed by atoms with E-state index in [1.165, 1.54) is 31.7 Å². The van der Waals surface area contributed by atoms with Crippen molar-refractivity contribution in [3.05, 3.63) is 36.0 Å². The fourth-order valence-corrected chi connectivity index (χ4v) is 3.11. The van der Waals surface area contributed by atoms with Crippen molar-refractivity contribution >= 4 is 41.5 Å². The number of carbonyl (C=O) groups excluding carboxylic acids is 1. The van der Waals surface area contributed by atoms with Gasteiger partial charge in [0.25, 0.3) is 5.91 Å². The number of aromatic nitrogens is 2. The van der Waals surface area contributed by atoms with Crippen molar-refractivity contribution in [2.75, 3.05) is 16.1 Å². The molecule has 1 aromatic heterocycles. The summed E-state index contributed by atoms with van der Waals surface area (Å²) < 4.78 is 0. The molecule has 1 heterocycles. The molecule has 0 bridgehead atoms. The maximum atomic E-state index is 11.8. The molecule has 0 unspecified atom stereocenters. The van der Waals surface area contributed by atoms with Crippen molar-refractivity contribution in [3.63, 3.8) is 0 Å². The number of hydrogen-bond acceptors (Lipinski definition) is 8. The smallest absolute Gasteiger partial charge is 0.254 e. The van der Waals surface area contributed by atoms with E-state index in [4.69, 9.17) is 11.1 Å². The zero-order chi connectivity index (χ0) is 19.8. The Balaban J connectivity index is 1.79. The molecule has 1 aliphatic rings. The molecule has 1 amide bonds. The molecule has 9 heteroatoms. The number of hydrogen-bond donors (Lipinski definition) is 5. The van der Waals surface area contributed by atoms with Gasteiger partial charge in [-0.25, -0.2) is 4.98 Å². The van der Waals surface area contributed by atoms with E-state index >= 15 is 0 Å². The number of hydrazone groups is 1.